The SMILES string of the molecule is CC(C)=NO[C@@H]1C[C@H](n2cc(C#CCOCSSC(C)(C)CNC(=O)C(F)(F)F)c3c(N=CN(C)C)ncnc32)O[C@@H]1CO. The number of hydrogen-bond donors (Lipinski definition) is 2. The van der Waals surface area contributed by atoms with Crippen molar-refractivity contribution >= 4 is 56.4 Å². The van der Waals surface area contributed by atoms with Crippen molar-refractivity contribution in [3.63, 3.8) is 0 Å². The van der Waals surface area contributed by atoms with E-state index in [1.54, 1.807) is 31.3 Å². The van der Waals surface area contributed by atoms with Crippen LogP contribution in [0.4, 0.5) is 19.0 Å². The lowest BCUT2D eigenvalue weighted by Gasteiger charge is -2.23. The molecule has 0 radical (unpaired) electrons. The fourth-order valence-electron chi connectivity index (χ4n) is 3.83. The third-order valence-electron chi connectivity index (χ3n) is 5.79. The molecule has 1 aliphatic heterocycles. The Morgan fingerprint density at radius 2 is 2.09 bits per heavy atom. The first-order valence-corrected chi connectivity index (χ1v) is 15.8. The van der Waals surface area contributed by atoms with Crippen molar-refractivity contribution in [1.82, 2.24) is 24.8 Å². The molecule has 1 fully saturated rings. The highest BCUT2D eigenvalue weighted by Gasteiger charge is 2.40. The van der Waals surface area contributed by atoms with Gasteiger partial charge in [-0.15, -0.1) is 0 Å². The van der Waals surface area contributed by atoms with Gasteiger partial charge in [-0.25, -0.2) is 15.0 Å². The molecule has 242 valence electrons. The first-order chi connectivity index (χ1) is 20.7. The van der Waals surface area contributed by atoms with Gasteiger partial charge in [-0.3, -0.25) is 4.79 Å². The van der Waals surface area contributed by atoms with Crippen LogP contribution in [0.15, 0.2) is 22.7 Å². The summed E-state index contributed by atoms with van der Waals surface area (Å²) in [7, 11) is 6.26. The Balaban J connectivity index is 1.71. The lowest BCUT2D eigenvalue weighted by Crippen LogP contribution is -2.42. The molecule has 0 aliphatic carbocycles. The van der Waals surface area contributed by atoms with Gasteiger partial charge in [-0.2, -0.15) is 13.2 Å². The summed E-state index contributed by atoms with van der Waals surface area (Å²) >= 11 is 0. The van der Waals surface area contributed by atoms with Crippen LogP contribution in [-0.4, -0.2) is 105 Å². The molecule has 44 heavy (non-hydrogen) atoms. The Kier molecular flexibility index (Phi) is 12.7. The summed E-state index contributed by atoms with van der Waals surface area (Å²) in [5, 5.41) is 16.4. The number of amides is 1. The van der Waals surface area contributed by atoms with Gasteiger partial charge in [-0.05, 0) is 27.7 Å². The summed E-state index contributed by atoms with van der Waals surface area (Å²) in [6.07, 6.45) is -1.26. The van der Waals surface area contributed by atoms with Crippen LogP contribution in [0.3, 0.4) is 0 Å². The molecule has 3 rings (SSSR count). The fourth-order valence-corrected chi connectivity index (χ4v) is 5.97. The van der Waals surface area contributed by atoms with Crippen molar-refractivity contribution in [1.29, 1.82) is 0 Å². The summed E-state index contributed by atoms with van der Waals surface area (Å²) in [5.74, 6) is 4.74. The molecule has 2 aromatic heterocycles. The standard InChI is InChI=1S/C27H36F3N7O5S2/c1-17(2)35-42-19-10-21(41-20(19)12-38)37-11-18(22-23(34-15-36(5)6)32-14-33-24(22)37)8-7-9-40-16-43-44-26(3,4)13-31-25(39)27(28,29)30/h11,14-15,19-21,38H,9-10,12-13,16H2,1-6H3,(H,31,39)/t19-,20-,21-/m1/s1. The molecular weight excluding hydrogens is 623 g/mol. The van der Waals surface area contributed by atoms with E-state index in [1.165, 1.54) is 27.9 Å². The highest BCUT2D eigenvalue weighted by Crippen LogP contribution is 2.37. The number of nitrogens with zero attached hydrogens (tertiary/aromatic N) is 6. The number of alkyl halides is 3. The number of aromatic nitrogens is 3. The summed E-state index contributed by atoms with van der Waals surface area (Å²) in [6.45, 7) is 6.73. The van der Waals surface area contributed by atoms with Gasteiger partial charge < -0.3 is 34.2 Å². The molecule has 2 aromatic rings. The van der Waals surface area contributed by atoms with Crippen molar-refractivity contribution in [2.75, 3.05) is 39.8 Å². The third kappa shape index (κ3) is 10.3. The molecular formula is C27H36F3N7O5S2. The second-order valence-electron chi connectivity index (χ2n) is 10.7. The summed E-state index contributed by atoms with van der Waals surface area (Å²) < 4.78 is 50.1. The van der Waals surface area contributed by atoms with Gasteiger partial charge in [0.05, 0.1) is 29.6 Å². The Morgan fingerprint density at radius 3 is 2.75 bits per heavy atom. The lowest BCUT2D eigenvalue weighted by atomic mass is 10.2. The van der Waals surface area contributed by atoms with Crippen LogP contribution in [0.1, 0.15) is 45.9 Å². The number of hydrogen-bond acceptors (Lipinski definition) is 11. The zero-order chi connectivity index (χ0) is 32.5. The van der Waals surface area contributed by atoms with Crippen LogP contribution in [0, 0.1) is 11.8 Å². The quantitative estimate of drug-likeness (QED) is 0.0621. The van der Waals surface area contributed by atoms with Crippen molar-refractivity contribution in [3.05, 3.63) is 18.1 Å². The van der Waals surface area contributed by atoms with Crippen molar-refractivity contribution in [2.45, 2.75) is 63.5 Å². The van der Waals surface area contributed by atoms with Crippen molar-refractivity contribution < 1.29 is 37.4 Å². The first-order valence-electron chi connectivity index (χ1n) is 13.4. The van der Waals surface area contributed by atoms with Crippen molar-refractivity contribution in [2.24, 2.45) is 10.1 Å². The predicted molar refractivity (Wildman–Crippen MR) is 165 cm³/mol. The van der Waals surface area contributed by atoms with Crippen molar-refractivity contribution in [3.8, 4) is 11.8 Å². The number of oxime groups is 1. The molecule has 1 saturated heterocycles. The zero-order valence-electron chi connectivity index (χ0n) is 25.2. The molecule has 3 heterocycles. The molecule has 0 bridgehead atoms. The highest BCUT2D eigenvalue weighted by molar-refractivity contribution is 8.77. The number of nitrogens with one attached hydrogen (secondary N) is 1. The second kappa shape index (κ2) is 15.8. The van der Waals surface area contributed by atoms with Crippen LogP contribution < -0.4 is 5.32 Å². The van der Waals surface area contributed by atoms with E-state index in [0.29, 0.717) is 28.8 Å². The number of aliphatic hydroxyl groups excluding tert-OH is 1. The number of aliphatic hydroxyl groups is 1. The number of ether oxygens (including phenoxy) is 2. The minimum absolute atomic E-state index is 0.0757. The molecule has 1 aliphatic rings. The van der Waals surface area contributed by atoms with E-state index in [-0.39, 0.29) is 25.7 Å². The number of aliphatic imine (C=N–C) groups is 1. The number of halogens is 3. The monoisotopic (exact) mass is 659 g/mol. The summed E-state index contributed by atoms with van der Waals surface area (Å²) in [4.78, 5) is 31.8. The Morgan fingerprint density at radius 1 is 1.34 bits per heavy atom. The minimum atomic E-state index is -4.92. The number of rotatable bonds is 13. The smallest absolute Gasteiger partial charge is 0.394 e. The Hall–Kier alpha value is -3.04. The number of fused-ring (bicyclic) bond motifs is 1. The average molecular weight is 660 g/mol. The molecule has 0 aromatic carbocycles. The van der Waals surface area contributed by atoms with Gasteiger partial charge in [0.25, 0.3) is 0 Å². The van der Waals surface area contributed by atoms with Crippen LogP contribution >= 0.6 is 21.6 Å². The summed E-state index contributed by atoms with van der Waals surface area (Å²) in [5.41, 5.74) is 1.87. The van der Waals surface area contributed by atoms with E-state index in [9.17, 15) is 23.1 Å². The van der Waals surface area contributed by atoms with E-state index in [4.69, 9.17) is 14.3 Å². The maximum absolute atomic E-state index is 12.4. The molecule has 12 nitrogen and oxygen atoms in total. The largest absolute Gasteiger partial charge is 0.471 e. The zero-order valence-corrected chi connectivity index (χ0v) is 26.8. The van der Waals surface area contributed by atoms with E-state index < -0.39 is 35.3 Å². The maximum Gasteiger partial charge on any atom is 0.471 e. The lowest BCUT2D eigenvalue weighted by molar-refractivity contribution is -0.173. The molecule has 3 atom stereocenters. The van der Waals surface area contributed by atoms with E-state index in [1.807, 2.05) is 37.8 Å². The predicted octanol–water partition coefficient (Wildman–Crippen LogP) is 3.88. The summed E-state index contributed by atoms with van der Waals surface area (Å²) in [6, 6.07) is 0. The van der Waals surface area contributed by atoms with E-state index >= 15 is 0 Å². The Labute approximate surface area is 261 Å². The highest BCUT2D eigenvalue weighted by atomic mass is 33.1. The normalized spacial score (nSPS) is 18.7. The fraction of sp³-hybridized carbons (Fsp3) is 0.593. The molecule has 2 N–H and O–H groups in total. The van der Waals surface area contributed by atoms with Crippen LogP contribution in [-0.2, 0) is 19.1 Å². The van der Waals surface area contributed by atoms with Gasteiger partial charge >= 0.3 is 12.1 Å². The molecule has 17 heteroatoms. The van der Waals surface area contributed by atoms with Gasteiger partial charge in [-0.1, -0.05) is 38.6 Å². The van der Waals surface area contributed by atoms with E-state index in [2.05, 4.69) is 32.0 Å². The van der Waals surface area contributed by atoms with Gasteiger partial charge in [0.15, 0.2) is 11.9 Å². The topological polar surface area (TPSA) is 136 Å². The number of carbonyl (C=O) groups excluding carboxylic acids is 1. The molecule has 0 spiro atoms. The maximum atomic E-state index is 12.4. The average Bonchev–Trinajstić information content (AvgIpc) is 3.54. The van der Waals surface area contributed by atoms with E-state index in [0.717, 1.165) is 5.71 Å². The van der Waals surface area contributed by atoms with Gasteiger partial charge in [0.2, 0.25) is 0 Å². The van der Waals surface area contributed by atoms with Crippen LogP contribution in [0.25, 0.3) is 11.0 Å². The minimum Gasteiger partial charge on any atom is -0.394 e. The van der Waals surface area contributed by atoms with Crippen LogP contribution in [0.5, 0.6) is 0 Å². The first kappa shape index (κ1) is 35.4. The molecule has 0 unspecified atom stereocenters. The van der Waals surface area contributed by atoms with Crippen LogP contribution in [0.2, 0.25) is 0 Å². The van der Waals surface area contributed by atoms with Gasteiger partial charge in [0.1, 0.15) is 36.9 Å². The Bertz CT molecular complexity index is 1400. The number of carbonyl (C=O) groups is 1. The molecule has 0 saturated carbocycles. The van der Waals surface area contributed by atoms with Gasteiger partial charge in [0, 0.05) is 38.0 Å². The molecule has 1 amide bonds. The second-order valence-corrected chi connectivity index (χ2v) is 13.6. The third-order valence-corrected chi connectivity index (χ3v) is 8.76.